The summed E-state index contributed by atoms with van der Waals surface area (Å²) in [6.07, 6.45) is 7.14. The molecule has 0 saturated heterocycles. The van der Waals surface area contributed by atoms with Gasteiger partial charge >= 0.3 is 12.7 Å². The summed E-state index contributed by atoms with van der Waals surface area (Å²) in [6, 6.07) is 3.07. The Morgan fingerprint density at radius 3 is 2.50 bits per heavy atom. The van der Waals surface area contributed by atoms with Crippen molar-refractivity contribution < 1.29 is 23.0 Å². The number of pyridine rings is 1. The zero-order valence-corrected chi connectivity index (χ0v) is 15.9. The number of ether oxygens (including phenoxy) is 2. The van der Waals surface area contributed by atoms with Gasteiger partial charge in [0.15, 0.2) is 0 Å². The molecule has 0 unspecified atom stereocenters. The summed E-state index contributed by atoms with van der Waals surface area (Å²) < 4.78 is 35.9. The van der Waals surface area contributed by atoms with Gasteiger partial charge in [-0.2, -0.15) is 13.9 Å². The van der Waals surface area contributed by atoms with Gasteiger partial charge in [-0.3, -0.25) is 4.68 Å². The summed E-state index contributed by atoms with van der Waals surface area (Å²) in [5, 5.41) is 7.44. The van der Waals surface area contributed by atoms with Gasteiger partial charge in [0.2, 0.25) is 5.88 Å². The zero-order chi connectivity index (χ0) is 20.2. The average Bonchev–Trinajstić information content (AvgIpc) is 2.97. The number of aromatic nitrogens is 3. The number of carbonyl (C=O) groups is 1. The number of rotatable bonds is 5. The first-order chi connectivity index (χ1) is 13.1. The van der Waals surface area contributed by atoms with Gasteiger partial charge < -0.3 is 14.8 Å². The Morgan fingerprint density at radius 1 is 1.21 bits per heavy atom. The van der Waals surface area contributed by atoms with Crippen LogP contribution in [0.5, 0.6) is 5.88 Å². The summed E-state index contributed by atoms with van der Waals surface area (Å²) in [5.74, 6) is -0.124. The highest BCUT2D eigenvalue weighted by Gasteiger charge is 2.70. The molecule has 2 bridgehead atoms. The van der Waals surface area contributed by atoms with Gasteiger partial charge in [-0.05, 0) is 46.1 Å². The quantitative estimate of drug-likeness (QED) is 0.839. The molecule has 1 N–H and O–H groups in total. The van der Waals surface area contributed by atoms with Crippen LogP contribution >= 0.6 is 0 Å². The monoisotopic (exact) mass is 392 g/mol. The maximum absolute atomic E-state index is 12.2. The molecule has 2 aromatic heterocycles. The lowest BCUT2D eigenvalue weighted by Crippen LogP contribution is -2.79. The maximum Gasteiger partial charge on any atom is 0.408 e. The van der Waals surface area contributed by atoms with E-state index < -0.39 is 12.2 Å². The summed E-state index contributed by atoms with van der Waals surface area (Å²) in [5.41, 5.74) is 0.798. The molecule has 150 valence electrons. The van der Waals surface area contributed by atoms with Crippen molar-refractivity contribution >= 4 is 6.09 Å². The summed E-state index contributed by atoms with van der Waals surface area (Å²) in [7, 11) is 0. The molecule has 0 spiro atoms. The highest BCUT2D eigenvalue weighted by molar-refractivity contribution is 5.70. The second kappa shape index (κ2) is 6.15. The molecular weight excluding hydrogens is 370 g/mol. The fraction of sp³-hybridized carbons (Fsp3) is 0.526. The molecule has 9 heteroatoms. The van der Waals surface area contributed by atoms with Crippen molar-refractivity contribution in [1.82, 2.24) is 20.1 Å². The van der Waals surface area contributed by atoms with Gasteiger partial charge in [-0.15, -0.1) is 0 Å². The highest BCUT2D eigenvalue weighted by atomic mass is 19.3. The molecule has 3 aliphatic carbocycles. The molecule has 0 radical (unpaired) electrons. The van der Waals surface area contributed by atoms with Crippen LogP contribution in [0.2, 0.25) is 0 Å². The van der Waals surface area contributed by atoms with Crippen LogP contribution in [-0.2, 0) is 10.3 Å². The van der Waals surface area contributed by atoms with E-state index in [-0.39, 0.29) is 23.1 Å². The molecule has 7 nitrogen and oxygen atoms in total. The minimum Gasteiger partial charge on any atom is -0.444 e. The lowest BCUT2D eigenvalue weighted by Gasteiger charge is -2.69. The van der Waals surface area contributed by atoms with Gasteiger partial charge in [-0.25, -0.2) is 9.78 Å². The van der Waals surface area contributed by atoms with Crippen LogP contribution in [0.3, 0.4) is 0 Å². The molecule has 2 heterocycles. The van der Waals surface area contributed by atoms with Crippen LogP contribution < -0.4 is 10.1 Å². The SMILES string of the molecule is CC(C)(C)OC(=O)NC12CC(n3cc(-c4ccc(OC(F)F)nc4)cn3)(C1)C2. The number of hydrogen-bond donors (Lipinski definition) is 1. The molecule has 3 aliphatic rings. The first kappa shape index (κ1) is 18.6. The first-order valence-corrected chi connectivity index (χ1v) is 9.06. The predicted molar refractivity (Wildman–Crippen MR) is 96.0 cm³/mol. The number of amides is 1. The molecule has 1 amide bonds. The third kappa shape index (κ3) is 3.41. The van der Waals surface area contributed by atoms with E-state index in [1.807, 2.05) is 31.6 Å². The molecule has 3 fully saturated rings. The van der Waals surface area contributed by atoms with E-state index in [0.29, 0.717) is 0 Å². The molecule has 0 atom stereocenters. The van der Waals surface area contributed by atoms with Crippen LogP contribution in [0, 0.1) is 0 Å². The number of nitrogens with zero attached hydrogens (tertiary/aromatic N) is 3. The number of halogens is 2. The smallest absolute Gasteiger partial charge is 0.408 e. The number of hydrogen-bond acceptors (Lipinski definition) is 5. The number of alkyl halides is 2. The van der Waals surface area contributed by atoms with Crippen molar-refractivity contribution in [3.63, 3.8) is 0 Å². The van der Waals surface area contributed by atoms with Gasteiger partial charge in [-0.1, -0.05) is 0 Å². The van der Waals surface area contributed by atoms with Crippen molar-refractivity contribution in [2.75, 3.05) is 0 Å². The zero-order valence-electron chi connectivity index (χ0n) is 15.9. The molecule has 3 saturated carbocycles. The first-order valence-electron chi connectivity index (χ1n) is 9.06. The molecule has 5 rings (SSSR count). The van der Waals surface area contributed by atoms with Gasteiger partial charge in [0.25, 0.3) is 0 Å². The van der Waals surface area contributed by atoms with Gasteiger partial charge in [0.1, 0.15) is 5.60 Å². The Hall–Kier alpha value is -2.71. The van der Waals surface area contributed by atoms with Crippen molar-refractivity contribution in [1.29, 1.82) is 0 Å². The lowest BCUT2D eigenvalue weighted by molar-refractivity contribution is -0.143. The van der Waals surface area contributed by atoms with Crippen molar-refractivity contribution in [3.8, 4) is 17.0 Å². The summed E-state index contributed by atoms with van der Waals surface area (Å²) in [4.78, 5) is 15.9. The highest BCUT2D eigenvalue weighted by Crippen LogP contribution is 2.65. The van der Waals surface area contributed by atoms with Crippen molar-refractivity contribution in [2.24, 2.45) is 0 Å². The maximum atomic E-state index is 12.2. The Morgan fingerprint density at radius 2 is 1.93 bits per heavy atom. The van der Waals surface area contributed by atoms with E-state index in [4.69, 9.17) is 4.74 Å². The van der Waals surface area contributed by atoms with Crippen LogP contribution in [0.15, 0.2) is 30.7 Å². The third-order valence-corrected chi connectivity index (χ3v) is 5.12. The Balaban J connectivity index is 1.37. The van der Waals surface area contributed by atoms with E-state index in [2.05, 4.69) is 20.1 Å². The van der Waals surface area contributed by atoms with Crippen LogP contribution in [-0.4, -0.2) is 38.6 Å². The van der Waals surface area contributed by atoms with E-state index in [9.17, 15) is 13.6 Å². The topological polar surface area (TPSA) is 78.3 Å². The van der Waals surface area contributed by atoms with E-state index in [1.54, 1.807) is 12.3 Å². The predicted octanol–water partition coefficient (Wildman–Crippen LogP) is 3.70. The summed E-state index contributed by atoms with van der Waals surface area (Å²) in [6.45, 7) is 2.61. The second-order valence-electron chi connectivity index (χ2n) is 8.60. The van der Waals surface area contributed by atoms with Crippen molar-refractivity contribution in [3.05, 3.63) is 30.7 Å². The number of carbonyl (C=O) groups excluding carboxylic acids is 1. The normalized spacial score (nSPS) is 25.6. The Bertz CT molecular complexity index is 870. The van der Waals surface area contributed by atoms with E-state index >= 15 is 0 Å². The lowest BCUT2D eigenvalue weighted by atomic mass is 9.44. The second-order valence-corrected chi connectivity index (χ2v) is 8.60. The average molecular weight is 392 g/mol. The Kier molecular flexibility index (Phi) is 4.09. The Labute approximate surface area is 161 Å². The molecule has 0 aliphatic heterocycles. The number of nitrogens with one attached hydrogen (secondary N) is 1. The molecular formula is C19H22F2N4O3. The third-order valence-electron chi connectivity index (χ3n) is 5.12. The fourth-order valence-electron chi connectivity index (χ4n) is 4.07. The summed E-state index contributed by atoms with van der Waals surface area (Å²) >= 11 is 0. The minimum atomic E-state index is -2.90. The standard InChI is InChI=1S/C19H22F2N4O3/c1-17(2,3)28-16(26)24-18-9-19(10-18,11-18)25-8-13(7-23-25)12-4-5-14(22-6-12)27-15(20)21/h4-8,15H,9-11H2,1-3H3,(H,24,26). The van der Waals surface area contributed by atoms with Crippen LogP contribution in [0.4, 0.5) is 13.6 Å². The van der Waals surface area contributed by atoms with Crippen LogP contribution in [0.1, 0.15) is 40.0 Å². The molecule has 28 heavy (non-hydrogen) atoms. The fourth-order valence-corrected chi connectivity index (χ4v) is 4.07. The van der Waals surface area contributed by atoms with E-state index in [1.165, 1.54) is 12.3 Å². The van der Waals surface area contributed by atoms with Gasteiger partial charge in [0, 0.05) is 29.6 Å². The van der Waals surface area contributed by atoms with E-state index in [0.717, 1.165) is 30.4 Å². The number of alkyl carbamates (subject to hydrolysis) is 1. The van der Waals surface area contributed by atoms with Crippen molar-refractivity contribution in [2.45, 2.75) is 63.3 Å². The minimum absolute atomic E-state index is 0.0839. The molecule has 0 aromatic carbocycles. The van der Waals surface area contributed by atoms with Crippen LogP contribution in [0.25, 0.3) is 11.1 Å². The largest absolute Gasteiger partial charge is 0.444 e. The molecule has 2 aromatic rings. The van der Waals surface area contributed by atoms with Gasteiger partial charge in [0.05, 0.1) is 17.3 Å².